The largest absolute Gasteiger partial charge is 0.381 e. The second kappa shape index (κ2) is 5.63. The van der Waals surface area contributed by atoms with Crippen molar-refractivity contribution in [3.8, 4) is 0 Å². The van der Waals surface area contributed by atoms with Crippen LogP contribution >= 0.6 is 0 Å². The Morgan fingerprint density at radius 3 is 2.55 bits per heavy atom. The second-order valence-electron chi connectivity index (χ2n) is 5.33. The van der Waals surface area contributed by atoms with Crippen LogP contribution in [0.4, 0.5) is 11.6 Å². The van der Waals surface area contributed by atoms with Gasteiger partial charge in [0.1, 0.15) is 0 Å². The van der Waals surface area contributed by atoms with E-state index in [0.717, 1.165) is 37.1 Å². The van der Waals surface area contributed by atoms with Crippen LogP contribution in [-0.2, 0) is 4.74 Å². The molecule has 3 rings (SSSR count). The first kappa shape index (κ1) is 13.1. The number of nitrogens with zero attached hydrogens (tertiary/aromatic N) is 2. The van der Waals surface area contributed by atoms with Crippen molar-refractivity contribution in [2.75, 3.05) is 24.3 Å². The maximum absolute atomic E-state index is 6.00. The molecule has 0 amide bonds. The SMILES string of the molecule is CC(Nc1nc2ccccc2nc1N)C1CCOCC1. The molecule has 1 atom stereocenters. The minimum Gasteiger partial charge on any atom is -0.381 e. The maximum Gasteiger partial charge on any atom is 0.169 e. The Labute approximate surface area is 118 Å². The number of benzene rings is 1. The standard InChI is InChI=1S/C15H20N4O/c1-10(11-6-8-20-9-7-11)17-15-14(16)18-12-4-2-3-5-13(12)19-15/h2-5,10-11H,6-9H2,1H3,(H2,16,18)(H,17,19). The third kappa shape index (κ3) is 2.67. The van der Waals surface area contributed by atoms with Gasteiger partial charge in [-0.15, -0.1) is 0 Å². The van der Waals surface area contributed by atoms with Gasteiger partial charge in [0.2, 0.25) is 0 Å². The summed E-state index contributed by atoms with van der Waals surface area (Å²) >= 11 is 0. The van der Waals surface area contributed by atoms with E-state index in [0.29, 0.717) is 23.6 Å². The van der Waals surface area contributed by atoms with Crippen molar-refractivity contribution in [3.63, 3.8) is 0 Å². The van der Waals surface area contributed by atoms with Crippen molar-refractivity contribution in [1.29, 1.82) is 0 Å². The molecule has 1 fully saturated rings. The van der Waals surface area contributed by atoms with Gasteiger partial charge in [0, 0.05) is 19.3 Å². The van der Waals surface area contributed by atoms with Crippen LogP contribution in [0.3, 0.4) is 0 Å². The highest BCUT2D eigenvalue weighted by Crippen LogP contribution is 2.24. The Balaban J connectivity index is 1.80. The molecule has 106 valence electrons. The Hall–Kier alpha value is -1.88. The molecule has 5 nitrogen and oxygen atoms in total. The smallest absolute Gasteiger partial charge is 0.169 e. The van der Waals surface area contributed by atoms with Gasteiger partial charge in [0.15, 0.2) is 11.6 Å². The van der Waals surface area contributed by atoms with Crippen molar-refractivity contribution >= 4 is 22.7 Å². The third-order valence-corrected chi connectivity index (χ3v) is 3.93. The van der Waals surface area contributed by atoms with Crippen LogP contribution in [0.1, 0.15) is 19.8 Å². The summed E-state index contributed by atoms with van der Waals surface area (Å²) in [7, 11) is 0. The van der Waals surface area contributed by atoms with Crippen molar-refractivity contribution in [2.45, 2.75) is 25.8 Å². The van der Waals surface area contributed by atoms with Gasteiger partial charge in [-0.05, 0) is 37.8 Å². The minimum absolute atomic E-state index is 0.316. The molecule has 0 bridgehead atoms. The van der Waals surface area contributed by atoms with E-state index in [4.69, 9.17) is 10.5 Å². The van der Waals surface area contributed by atoms with E-state index >= 15 is 0 Å². The summed E-state index contributed by atoms with van der Waals surface area (Å²) in [5.74, 6) is 1.74. The summed E-state index contributed by atoms with van der Waals surface area (Å²) in [6.45, 7) is 3.86. The zero-order chi connectivity index (χ0) is 13.9. The lowest BCUT2D eigenvalue weighted by molar-refractivity contribution is 0.0622. The van der Waals surface area contributed by atoms with Crippen LogP contribution in [-0.4, -0.2) is 29.2 Å². The van der Waals surface area contributed by atoms with Gasteiger partial charge in [-0.25, -0.2) is 9.97 Å². The molecular formula is C15H20N4O. The molecule has 20 heavy (non-hydrogen) atoms. The van der Waals surface area contributed by atoms with Gasteiger partial charge in [0.25, 0.3) is 0 Å². The van der Waals surface area contributed by atoms with Crippen LogP contribution in [0, 0.1) is 5.92 Å². The fraction of sp³-hybridized carbons (Fsp3) is 0.467. The number of nitrogens with one attached hydrogen (secondary N) is 1. The number of nitrogens with two attached hydrogens (primary N) is 1. The van der Waals surface area contributed by atoms with Crippen LogP contribution in [0.2, 0.25) is 0 Å². The molecule has 2 aromatic rings. The molecule has 1 unspecified atom stereocenters. The van der Waals surface area contributed by atoms with E-state index in [1.807, 2.05) is 24.3 Å². The molecular weight excluding hydrogens is 252 g/mol. The topological polar surface area (TPSA) is 73.1 Å². The predicted molar refractivity (Wildman–Crippen MR) is 80.6 cm³/mol. The lowest BCUT2D eigenvalue weighted by Crippen LogP contribution is -2.31. The first-order valence-electron chi connectivity index (χ1n) is 7.10. The molecule has 1 aromatic heterocycles. The van der Waals surface area contributed by atoms with E-state index < -0.39 is 0 Å². The monoisotopic (exact) mass is 272 g/mol. The number of ether oxygens (including phenoxy) is 1. The Morgan fingerprint density at radius 2 is 1.85 bits per heavy atom. The zero-order valence-electron chi connectivity index (χ0n) is 11.7. The highest BCUT2D eigenvalue weighted by Gasteiger charge is 2.21. The third-order valence-electron chi connectivity index (χ3n) is 3.93. The molecule has 5 heteroatoms. The lowest BCUT2D eigenvalue weighted by Gasteiger charge is -2.28. The highest BCUT2D eigenvalue weighted by molar-refractivity contribution is 5.79. The van der Waals surface area contributed by atoms with Gasteiger partial charge >= 0.3 is 0 Å². The average molecular weight is 272 g/mol. The fourth-order valence-electron chi connectivity index (χ4n) is 2.67. The van der Waals surface area contributed by atoms with Gasteiger partial charge in [-0.1, -0.05) is 12.1 Å². The molecule has 0 radical (unpaired) electrons. The van der Waals surface area contributed by atoms with Crippen molar-refractivity contribution in [1.82, 2.24) is 9.97 Å². The number of fused-ring (bicyclic) bond motifs is 1. The average Bonchev–Trinajstić information content (AvgIpc) is 2.49. The second-order valence-corrected chi connectivity index (χ2v) is 5.33. The molecule has 3 N–H and O–H groups in total. The summed E-state index contributed by atoms with van der Waals surface area (Å²) < 4.78 is 5.40. The van der Waals surface area contributed by atoms with Gasteiger partial charge in [-0.3, -0.25) is 0 Å². The number of nitrogen functional groups attached to an aromatic ring is 1. The number of anilines is 2. The van der Waals surface area contributed by atoms with E-state index in [1.165, 1.54) is 0 Å². The van der Waals surface area contributed by atoms with Crippen LogP contribution in [0.5, 0.6) is 0 Å². The molecule has 1 aliphatic heterocycles. The van der Waals surface area contributed by atoms with E-state index in [2.05, 4.69) is 22.2 Å². The number of aromatic nitrogens is 2. The summed E-state index contributed by atoms with van der Waals surface area (Å²) in [5, 5.41) is 3.42. The predicted octanol–water partition coefficient (Wildman–Crippen LogP) is 2.44. The number of hydrogen-bond acceptors (Lipinski definition) is 5. The van der Waals surface area contributed by atoms with E-state index in [-0.39, 0.29) is 0 Å². The van der Waals surface area contributed by atoms with E-state index in [1.54, 1.807) is 0 Å². The zero-order valence-corrected chi connectivity index (χ0v) is 11.7. The highest BCUT2D eigenvalue weighted by atomic mass is 16.5. The number of hydrogen-bond donors (Lipinski definition) is 2. The van der Waals surface area contributed by atoms with Crippen molar-refractivity contribution < 1.29 is 4.74 Å². The van der Waals surface area contributed by atoms with Gasteiger partial charge in [-0.2, -0.15) is 0 Å². The Kier molecular flexibility index (Phi) is 3.69. The number of para-hydroxylation sites is 2. The summed E-state index contributed by atoms with van der Waals surface area (Å²) in [4.78, 5) is 8.98. The normalized spacial score (nSPS) is 18.1. The summed E-state index contributed by atoms with van der Waals surface area (Å²) in [5.41, 5.74) is 7.70. The van der Waals surface area contributed by atoms with Crippen LogP contribution in [0.25, 0.3) is 11.0 Å². The molecule has 1 aliphatic rings. The van der Waals surface area contributed by atoms with Gasteiger partial charge in [0.05, 0.1) is 11.0 Å². The minimum atomic E-state index is 0.316. The quantitative estimate of drug-likeness (QED) is 0.897. The molecule has 1 saturated heterocycles. The molecule has 0 saturated carbocycles. The Morgan fingerprint density at radius 1 is 1.20 bits per heavy atom. The molecule has 0 spiro atoms. The van der Waals surface area contributed by atoms with Crippen molar-refractivity contribution in [3.05, 3.63) is 24.3 Å². The Bertz CT molecular complexity index is 595. The molecule has 0 aliphatic carbocycles. The van der Waals surface area contributed by atoms with Crippen LogP contribution < -0.4 is 11.1 Å². The first-order valence-corrected chi connectivity index (χ1v) is 7.10. The van der Waals surface area contributed by atoms with Crippen molar-refractivity contribution in [2.24, 2.45) is 5.92 Å². The lowest BCUT2D eigenvalue weighted by atomic mass is 9.93. The maximum atomic E-state index is 6.00. The van der Waals surface area contributed by atoms with E-state index in [9.17, 15) is 0 Å². The summed E-state index contributed by atoms with van der Waals surface area (Å²) in [6.07, 6.45) is 2.16. The molecule has 2 heterocycles. The first-order chi connectivity index (χ1) is 9.74. The van der Waals surface area contributed by atoms with Crippen LogP contribution in [0.15, 0.2) is 24.3 Å². The fourth-order valence-corrected chi connectivity index (χ4v) is 2.67. The number of rotatable bonds is 3. The molecule has 1 aromatic carbocycles. The summed E-state index contributed by atoms with van der Waals surface area (Å²) in [6, 6.07) is 8.08. The van der Waals surface area contributed by atoms with Gasteiger partial charge < -0.3 is 15.8 Å².